The summed E-state index contributed by atoms with van der Waals surface area (Å²) in [5.41, 5.74) is 1.24. The first-order valence-corrected chi connectivity index (χ1v) is 13.2. The van der Waals surface area contributed by atoms with Gasteiger partial charge in [-0.1, -0.05) is 61.2 Å². The highest BCUT2D eigenvalue weighted by molar-refractivity contribution is 6.42. The summed E-state index contributed by atoms with van der Waals surface area (Å²) in [6, 6.07) is 11.5. The fourth-order valence-electron chi connectivity index (χ4n) is 3.56. The van der Waals surface area contributed by atoms with Crippen LogP contribution in [0, 0.1) is 0 Å². The lowest BCUT2D eigenvalue weighted by molar-refractivity contribution is -0.136. The molecule has 208 valence electrons. The van der Waals surface area contributed by atoms with Crippen LogP contribution in [-0.4, -0.2) is 52.3 Å². The highest BCUT2D eigenvalue weighted by Crippen LogP contribution is 2.25. The molecule has 1 heterocycles. The quantitative estimate of drug-likeness (QED) is 0.172. The molecule has 0 spiro atoms. The third-order valence-corrected chi connectivity index (χ3v) is 6.24. The van der Waals surface area contributed by atoms with Crippen molar-refractivity contribution in [3.8, 4) is 5.75 Å². The molecule has 0 radical (unpaired) electrons. The van der Waals surface area contributed by atoms with Crippen molar-refractivity contribution in [1.82, 2.24) is 15.0 Å². The average molecular weight is 576 g/mol. The fourth-order valence-corrected chi connectivity index (χ4v) is 3.88. The number of ether oxygens (including phenoxy) is 1. The normalized spacial score (nSPS) is 10.6. The second-order valence-corrected chi connectivity index (χ2v) is 9.32. The standard InChI is InChI=1S/C26H31Cl2N7O4/c1-3-4-7-13-29-23-31-24(34-26(38)30-20-8-5-6-9-21(20)39-2)33-25(32-23)35(14-12-22(36)37)16-17-10-11-18(27)19(28)15-17/h5-6,8-11,15H,3-4,7,12-14,16H2,1-2H3,(H,36,37)(H3,29,30,31,32,33,34,38). The number of aromatic nitrogens is 3. The van der Waals surface area contributed by atoms with Gasteiger partial charge in [-0.05, 0) is 36.2 Å². The zero-order valence-corrected chi connectivity index (χ0v) is 23.2. The molecule has 0 atom stereocenters. The van der Waals surface area contributed by atoms with Crippen LogP contribution < -0.4 is 25.6 Å². The molecule has 11 nitrogen and oxygen atoms in total. The van der Waals surface area contributed by atoms with E-state index in [0.717, 1.165) is 24.8 Å². The second-order valence-electron chi connectivity index (χ2n) is 8.51. The molecular weight excluding hydrogens is 545 g/mol. The van der Waals surface area contributed by atoms with Crippen LogP contribution >= 0.6 is 23.2 Å². The van der Waals surface area contributed by atoms with Gasteiger partial charge in [0.25, 0.3) is 0 Å². The molecule has 0 unspecified atom stereocenters. The Hall–Kier alpha value is -3.83. The van der Waals surface area contributed by atoms with E-state index in [0.29, 0.717) is 28.0 Å². The maximum Gasteiger partial charge on any atom is 0.326 e. The van der Waals surface area contributed by atoms with Crippen LogP contribution in [-0.2, 0) is 11.3 Å². The zero-order chi connectivity index (χ0) is 28.2. The monoisotopic (exact) mass is 575 g/mol. The number of amides is 2. The summed E-state index contributed by atoms with van der Waals surface area (Å²) in [6.45, 7) is 3.07. The molecule has 4 N–H and O–H groups in total. The first-order valence-electron chi connectivity index (χ1n) is 12.4. The van der Waals surface area contributed by atoms with E-state index in [4.69, 9.17) is 27.9 Å². The predicted molar refractivity (Wildman–Crippen MR) is 153 cm³/mol. The van der Waals surface area contributed by atoms with Crippen molar-refractivity contribution < 1.29 is 19.4 Å². The number of hydrogen-bond donors (Lipinski definition) is 4. The summed E-state index contributed by atoms with van der Waals surface area (Å²) in [5, 5.41) is 18.6. The van der Waals surface area contributed by atoms with Gasteiger partial charge in [0.2, 0.25) is 17.8 Å². The highest BCUT2D eigenvalue weighted by Gasteiger charge is 2.18. The summed E-state index contributed by atoms with van der Waals surface area (Å²) >= 11 is 12.2. The molecule has 0 saturated heterocycles. The molecule has 0 aliphatic rings. The molecule has 13 heteroatoms. The maximum atomic E-state index is 12.8. The van der Waals surface area contributed by atoms with Gasteiger partial charge in [-0.15, -0.1) is 0 Å². The number of carboxylic acids is 1. The van der Waals surface area contributed by atoms with Gasteiger partial charge in [0, 0.05) is 19.6 Å². The van der Waals surface area contributed by atoms with Crippen molar-refractivity contribution in [2.45, 2.75) is 39.2 Å². The molecule has 2 aromatic carbocycles. The molecule has 0 bridgehead atoms. The zero-order valence-electron chi connectivity index (χ0n) is 21.7. The minimum absolute atomic E-state index is 0.0140. The van der Waals surface area contributed by atoms with E-state index >= 15 is 0 Å². The van der Waals surface area contributed by atoms with E-state index in [-0.39, 0.29) is 37.4 Å². The topological polar surface area (TPSA) is 142 Å². The Balaban J connectivity index is 1.90. The number of carbonyl (C=O) groups excluding carboxylic acids is 1. The summed E-state index contributed by atoms with van der Waals surface area (Å²) in [7, 11) is 1.51. The summed E-state index contributed by atoms with van der Waals surface area (Å²) in [5.74, 6) is -0.0692. The van der Waals surface area contributed by atoms with Crippen LogP contribution in [0.4, 0.5) is 28.3 Å². The maximum absolute atomic E-state index is 12.8. The lowest BCUT2D eigenvalue weighted by Gasteiger charge is -2.23. The summed E-state index contributed by atoms with van der Waals surface area (Å²) in [6.07, 6.45) is 2.82. The van der Waals surface area contributed by atoms with Crippen molar-refractivity contribution in [2.75, 3.05) is 41.0 Å². The number of unbranched alkanes of at least 4 members (excludes halogenated alkanes) is 2. The largest absolute Gasteiger partial charge is 0.495 e. The Bertz CT molecular complexity index is 1280. The van der Waals surface area contributed by atoms with Gasteiger partial charge in [-0.2, -0.15) is 15.0 Å². The van der Waals surface area contributed by atoms with Gasteiger partial charge < -0.3 is 25.4 Å². The lowest BCUT2D eigenvalue weighted by atomic mass is 10.2. The van der Waals surface area contributed by atoms with Gasteiger partial charge in [0.15, 0.2) is 0 Å². The number of methoxy groups -OCH3 is 1. The van der Waals surface area contributed by atoms with E-state index in [2.05, 4.69) is 37.8 Å². The molecule has 0 fully saturated rings. The molecule has 2 amide bonds. The Morgan fingerprint density at radius 3 is 2.49 bits per heavy atom. The predicted octanol–water partition coefficient (Wildman–Crippen LogP) is 5.91. The van der Waals surface area contributed by atoms with Crippen LogP contribution in [0.2, 0.25) is 10.0 Å². The van der Waals surface area contributed by atoms with Crippen LogP contribution in [0.25, 0.3) is 0 Å². The third kappa shape index (κ3) is 9.45. The molecule has 39 heavy (non-hydrogen) atoms. The number of carboxylic acid groups (broad SMARTS) is 1. The average Bonchev–Trinajstić information content (AvgIpc) is 2.91. The number of carbonyl (C=O) groups is 2. The van der Waals surface area contributed by atoms with Crippen molar-refractivity contribution in [3.63, 3.8) is 0 Å². The highest BCUT2D eigenvalue weighted by atomic mass is 35.5. The number of benzene rings is 2. The van der Waals surface area contributed by atoms with E-state index in [1.165, 1.54) is 7.11 Å². The minimum atomic E-state index is -0.976. The first-order chi connectivity index (χ1) is 18.8. The Labute approximate surface area is 236 Å². The van der Waals surface area contributed by atoms with Crippen molar-refractivity contribution in [3.05, 3.63) is 58.1 Å². The number of para-hydroxylation sites is 2. The van der Waals surface area contributed by atoms with Gasteiger partial charge in [-0.25, -0.2) is 4.79 Å². The Kier molecular flexibility index (Phi) is 11.4. The van der Waals surface area contributed by atoms with Gasteiger partial charge >= 0.3 is 12.0 Å². The second kappa shape index (κ2) is 14.9. The van der Waals surface area contributed by atoms with Crippen molar-refractivity contribution >= 4 is 58.7 Å². The number of anilines is 4. The lowest BCUT2D eigenvalue weighted by Crippen LogP contribution is -2.29. The summed E-state index contributed by atoms with van der Waals surface area (Å²) in [4.78, 5) is 39.2. The number of nitrogens with zero attached hydrogens (tertiary/aromatic N) is 4. The number of aliphatic carboxylic acids is 1. The van der Waals surface area contributed by atoms with E-state index < -0.39 is 12.0 Å². The third-order valence-electron chi connectivity index (χ3n) is 5.50. The van der Waals surface area contributed by atoms with E-state index in [9.17, 15) is 14.7 Å². The number of urea groups is 1. The molecule has 3 aromatic rings. The van der Waals surface area contributed by atoms with Gasteiger partial charge in [-0.3, -0.25) is 10.1 Å². The van der Waals surface area contributed by atoms with Crippen molar-refractivity contribution in [1.29, 1.82) is 0 Å². The van der Waals surface area contributed by atoms with Crippen LogP contribution in [0.5, 0.6) is 5.75 Å². The van der Waals surface area contributed by atoms with Crippen LogP contribution in [0.15, 0.2) is 42.5 Å². The number of nitrogens with one attached hydrogen (secondary N) is 3. The number of rotatable bonds is 14. The molecular formula is C26H31Cl2N7O4. The number of halogens is 2. The minimum Gasteiger partial charge on any atom is -0.495 e. The van der Waals surface area contributed by atoms with Gasteiger partial charge in [0.1, 0.15) is 5.75 Å². The molecule has 0 saturated carbocycles. The van der Waals surface area contributed by atoms with E-state index in [1.54, 1.807) is 47.4 Å². The smallest absolute Gasteiger partial charge is 0.326 e. The van der Waals surface area contributed by atoms with Gasteiger partial charge in [0.05, 0.1) is 29.3 Å². The van der Waals surface area contributed by atoms with E-state index in [1.807, 2.05) is 0 Å². The Morgan fingerprint density at radius 2 is 1.77 bits per heavy atom. The number of hydrogen-bond acceptors (Lipinski definition) is 8. The van der Waals surface area contributed by atoms with Crippen LogP contribution in [0.1, 0.15) is 38.2 Å². The first kappa shape index (κ1) is 29.7. The summed E-state index contributed by atoms with van der Waals surface area (Å²) < 4.78 is 5.28. The molecule has 1 aromatic heterocycles. The molecule has 3 rings (SSSR count). The molecule has 0 aliphatic heterocycles. The molecule has 0 aliphatic carbocycles. The Morgan fingerprint density at radius 1 is 1.00 bits per heavy atom. The van der Waals surface area contributed by atoms with Crippen molar-refractivity contribution in [2.24, 2.45) is 0 Å². The van der Waals surface area contributed by atoms with Crippen LogP contribution in [0.3, 0.4) is 0 Å². The SMILES string of the molecule is CCCCCNc1nc(NC(=O)Nc2ccccc2OC)nc(N(CCC(=O)O)Cc2ccc(Cl)c(Cl)c2)n1. The fraction of sp³-hybridized carbons (Fsp3) is 0.346.